The lowest BCUT2D eigenvalue weighted by atomic mass is 10.1. The maximum Gasteiger partial charge on any atom is 0.236 e. The lowest BCUT2D eigenvalue weighted by Crippen LogP contribution is -2.42. The summed E-state index contributed by atoms with van der Waals surface area (Å²) in [7, 11) is 0. The number of benzene rings is 1. The van der Waals surface area contributed by atoms with E-state index in [1.54, 1.807) is 11.8 Å². The van der Waals surface area contributed by atoms with Gasteiger partial charge in [0.25, 0.3) is 0 Å². The van der Waals surface area contributed by atoms with Crippen molar-refractivity contribution in [3.8, 4) is 0 Å². The molecule has 2 aliphatic rings. The summed E-state index contributed by atoms with van der Waals surface area (Å²) in [5, 5.41) is 9.31. The fraction of sp³-hybridized carbons (Fsp3) is 0.500. The third-order valence-electron chi connectivity index (χ3n) is 3.79. The highest BCUT2D eigenvalue weighted by Crippen LogP contribution is 2.38. The normalized spacial score (nSPS) is 26.4. The third kappa shape index (κ3) is 2.04. The molecule has 1 aromatic rings. The van der Waals surface area contributed by atoms with Crippen LogP contribution in [0.3, 0.4) is 0 Å². The van der Waals surface area contributed by atoms with E-state index in [-0.39, 0.29) is 23.8 Å². The van der Waals surface area contributed by atoms with E-state index in [0.29, 0.717) is 0 Å². The summed E-state index contributed by atoms with van der Waals surface area (Å²) in [6, 6.07) is 8.27. The fourth-order valence-corrected chi connectivity index (χ4v) is 4.09. The molecule has 4 heteroatoms. The zero-order valence-electron chi connectivity index (χ0n) is 10.2. The molecule has 1 N–H and O–H groups in total. The number of carbonyl (C=O) groups is 1. The second-order valence-corrected chi connectivity index (χ2v) is 6.17. The van der Waals surface area contributed by atoms with Gasteiger partial charge in [0, 0.05) is 11.4 Å². The maximum atomic E-state index is 12.5. The van der Waals surface area contributed by atoms with E-state index >= 15 is 0 Å². The molecule has 0 bridgehead atoms. The zero-order chi connectivity index (χ0) is 12.5. The van der Waals surface area contributed by atoms with E-state index < -0.39 is 0 Å². The highest BCUT2D eigenvalue weighted by atomic mass is 32.2. The van der Waals surface area contributed by atoms with Crippen molar-refractivity contribution in [1.29, 1.82) is 0 Å². The summed E-state index contributed by atoms with van der Waals surface area (Å²) in [5.41, 5.74) is 1.28. The van der Waals surface area contributed by atoms with E-state index in [1.165, 1.54) is 10.5 Å². The zero-order valence-corrected chi connectivity index (χ0v) is 11.0. The number of aliphatic hydroxyl groups is 1. The van der Waals surface area contributed by atoms with Gasteiger partial charge in [0.2, 0.25) is 5.91 Å². The molecular formula is C14H17NO2S. The summed E-state index contributed by atoms with van der Waals surface area (Å²) in [4.78, 5) is 15.6. The molecule has 3 nitrogen and oxygen atoms in total. The predicted octanol–water partition coefficient (Wildman–Crippen LogP) is 1.69. The number of likely N-dealkylation sites (tertiary alicyclic amines) is 1. The topological polar surface area (TPSA) is 40.5 Å². The first-order valence-electron chi connectivity index (χ1n) is 6.45. The second-order valence-electron chi connectivity index (χ2n) is 4.93. The summed E-state index contributed by atoms with van der Waals surface area (Å²) in [6.07, 6.45) is 2.78. The van der Waals surface area contributed by atoms with Crippen molar-refractivity contribution in [3.63, 3.8) is 0 Å². The minimum atomic E-state index is 0.00884. The summed E-state index contributed by atoms with van der Waals surface area (Å²) in [6.45, 7) is 0.896. The molecule has 0 radical (unpaired) electrons. The molecule has 1 saturated heterocycles. The van der Waals surface area contributed by atoms with E-state index in [1.807, 2.05) is 17.0 Å². The number of rotatable bonds is 2. The number of fused-ring (bicyclic) bond motifs is 1. The lowest BCUT2D eigenvalue weighted by Gasteiger charge is -2.25. The molecule has 2 heterocycles. The van der Waals surface area contributed by atoms with Gasteiger partial charge < -0.3 is 10.0 Å². The van der Waals surface area contributed by atoms with Crippen LogP contribution >= 0.6 is 11.8 Å². The Hall–Kier alpha value is -1.00. The van der Waals surface area contributed by atoms with Gasteiger partial charge in [0.15, 0.2) is 0 Å². The van der Waals surface area contributed by atoms with Gasteiger partial charge in [-0.15, -0.1) is 11.8 Å². The van der Waals surface area contributed by atoms with Gasteiger partial charge in [0.1, 0.15) is 0 Å². The molecule has 0 spiro atoms. The summed E-state index contributed by atoms with van der Waals surface area (Å²) >= 11 is 1.67. The van der Waals surface area contributed by atoms with E-state index in [4.69, 9.17) is 0 Å². The maximum absolute atomic E-state index is 12.5. The number of nitrogens with zero attached hydrogens (tertiary/aromatic N) is 1. The second kappa shape index (κ2) is 4.94. The van der Waals surface area contributed by atoms with E-state index in [9.17, 15) is 9.90 Å². The van der Waals surface area contributed by atoms with Crippen molar-refractivity contribution >= 4 is 17.7 Å². The van der Waals surface area contributed by atoms with Crippen LogP contribution in [-0.2, 0) is 11.2 Å². The van der Waals surface area contributed by atoms with Gasteiger partial charge in [-0.2, -0.15) is 0 Å². The third-order valence-corrected chi connectivity index (χ3v) is 5.10. The van der Waals surface area contributed by atoms with Crippen LogP contribution in [-0.4, -0.2) is 40.4 Å². The van der Waals surface area contributed by atoms with Crippen LogP contribution in [0.25, 0.3) is 0 Å². The Morgan fingerprint density at radius 3 is 3.06 bits per heavy atom. The van der Waals surface area contributed by atoms with Crippen molar-refractivity contribution in [2.45, 2.75) is 35.4 Å². The molecule has 1 fully saturated rings. The number of amides is 1. The fourth-order valence-electron chi connectivity index (χ4n) is 2.82. The Labute approximate surface area is 111 Å². The molecule has 0 saturated carbocycles. The van der Waals surface area contributed by atoms with Gasteiger partial charge in [-0.25, -0.2) is 0 Å². The Bertz CT molecular complexity index is 438. The van der Waals surface area contributed by atoms with Gasteiger partial charge in [-0.1, -0.05) is 18.2 Å². The largest absolute Gasteiger partial charge is 0.394 e. The quantitative estimate of drug-likeness (QED) is 0.882. The smallest absolute Gasteiger partial charge is 0.236 e. The Balaban J connectivity index is 1.72. The molecular weight excluding hydrogens is 246 g/mol. The van der Waals surface area contributed by atoms with Crippen LogP contribution in [0.1, 0.15) is 18.4 Å². The first kappa shape index (κ1) is 12.1. The molecule has 0 aliphatic carbocycles. The highest BCUT2D eigenvalue weighted by Gasteiger charge is 2.36. The average molecular weight is 263 g/mol. The molecule has 1 unspecified atom stereocenters. The summed E-state index contributed by atoms with van der Waals surface area (Å²) in [5.74, 6) is 0.202. The van der Waals surface area contributed by atoms with Gasteiger partial charge in [0.05, 0.1) is 17.9 Å². The Kier molecular flexibility index (Phi) is 3.31. The number of hydrogen-bond donors (Lipinski definition) is 1. The summed E-state index contributed by atoms with van der Waals surface area (Å²) < 4.78 is 0. The lowest BCUT2D eigenvalue weighted by molar-refractivity contribution is -0.132. The Morgan fingerprint density at radius 2 is 2.28 bits per heavy atom. The van der Waals surface area contributed by atoms with Crippen molar-refractivity contribution in [1.82, 2.24) is 4.90 Å². The standard InChI is InChI=1S/C14H17NO2S/c16-9-11-5-3-7-15(11)14(17)13-8-10-4-1-2-6-12(10)18-13/h1-2,4,6,11,13,16H,3,5,7-9H2/t11-,13?/m0/s1. The van der Waals surface area contributed by atoms with E-state index in [0.717, 1.165) is 25.8 Å². The minimum Gasteiger partial charge on any atom is -0.394 e. The average Bonchev–Trinajstić information content (AvgIpc) is 3.03. The van der Waals surface area contributed by atoms with Crippen molar-refractivity contribution in [2.24, 2.45) is 0 Å². The van der Waals surface area contributed by atoms with Crippen LogP contribution in [0.4, 0.5) is 0 Å². The number of hydrogen-bond acceptors (Lipinski definition) is 3. The molecule has 2 atom stereocenters. The molecule has 18 heavy (non-hydrogen) atoms. The van der Waals surface area contributed by atoms with Crippen LogP contribution in [0.15, 0.2) is 29.2 Å². The van der Waals surface area contributed by atoms with Crippen LogP contribution in [0.2, 0.25) is 0 Å². The first-order chi connectivity index (χ1) is 8.79. The number of carbonyl (C=O) groups excluding carboxylic acids is 1. The molecule has 2 aliphatic heterocycles. The van der Waals surface area contributed by atoms with Crippen molar-refractivity contribution in [2.75, 3.05) is 13.2 Å². The molecule has 1 aromatic carbocycles. The molecule has 96 valence electrons. The van der Waals surface area contributed by atoms with Crippen molar-refractivity contribution in [3.05, 3.63) is 29.8 Å². The first-order valence-corrected chi connectivity index (χ1v) is 7.33. The SMILES string of the molecule is O=C(C1Cc2ccccc2S1)N1CCC[C@H]1CO. The van der Waals surface area contributed by atoms with Crippen molar-refractivity contribution < 1.29 is 9.90 Å². The number of thioether (sulfide) groups is 1. The van der Waals surface area contributed by atoms with Gasteiger partial charge in [-0.3, -0.25) is 4.79 Å². The van der Waals surface area contributed by atoms with Crippen LogP contribution in [0.5, 0.6) is 0 Å². The van der Waals surface area contributed by atoms with Gasteiger partial charge in [-0.05, 0) is 30.9 Å². The highest BCUT2D eigenvalue weighted by molar-refractivity contribution is 8.01. The number of aliphatic hydroxyl groups excluding tert-OH is 1. The molecule has 3 rings (SSSR count). The van der Waals surface area contributed by atoms with Gasteiger partial charge >= 0.3 is 0 Å². The Morgan fingerprint density at radius 1 is 1.44 bits per heavy atom. The van der Waals surface area contributed by atoms with E-state index in [2.05, 4.69) is 12.1 Å². The minimum absolute atomic E-state index is 0.00884. The molecule has 1 amide bonds. The van der Waals surface area contributed by atoms with Crippen LogP contribution < -0.4 is 0 Å². The predicted molar refractivity (Wildman–Crippen MR) is 71.6 cm³/mol. The monoisotopic (exact) mass is 263 g/mol. The van der Waals surface area contributed by atoms with Crippen LogP contribution in [0, 0.1) is 0 Å². The molecule has 0 aromatic heterocycles.